The fraction of sp³-hybridized carbons (Fsp3) is 0.238. The van der Waals surface area contributed by atoms with E-state index in [4.69, 9.17) is 0 Å². The van der Waals surface area contributed by atoms with Gasteiger partial charge >= 0.3 is 0 Å². The fourth-order valence-electron chi connectivity index (χ4n) is 3.02. The molecule has 2 aromatic carbocycles. The van der Waals surface area contributed by atoms with Crippen molar-refractivity contribution in [2.45, 2.75) is 34.2 Å². The number of aromatic nitrogens is 1. The van der Waals surface area contributed by atoms with Gasteiger partial charge in [0.2, 0.25) is 0 Å². The van der Waals surface area contributed by atoms with Crippen molar-refractivity contribution in [2.75, 3.05) is 0 Å². The Morgan fingerprint density at radius 3 is 2.44 bits per heavy atom. The summed E-state index contributed by atoms with van der Waals surface area (Å²) in [6.07, 6.45) is 0. The number of fused-ring (bicyclic) bond motifs is 1. The summed E-state index contributed by atoms with van der Waals surface area (Å²) in [4.78, 5) is 27.6. The number of H-pyrrole nitrogens is 1. The molecule has 25 heavy (non-hydrogen) atoms. The number of amides is 1. The Bertz CT molecular complexity index is 1030. The molecule has 0 saturated carbocycles. The molecule has 3 rings (SSSR count). The maximum atomic E-state index is 12.3. The molecule has 0 spiro atoms. The van der Waals surface area contributed by atoms with E-state index in [1.165, 1.54) is 0 Å². The molecule has 0 aliphatic rings. The predicted octanol–water partition coefficient (Wildman–Crippen LogP) is 3.69. The van der Waals surface area contributed by atoms with Crippen LogP contribution in [0.3, 0.4) is 0 Å². The van der Waals surface area contributed by atoms with Gasteiger partial charge in [0.25, 0.3) is 11.5 Å². The number of pyridine rings is 1. The Labute approximate surface area is 146 Å². The summed E-state index contributed by atoms with van der Waals surface area (Å²) in [5, 5.41) is 3.82. The van der Waals surface area contributed by atoms with Crippen LogP contribution in [0.5, 0.6) is 0 Å². The summed E-state index contributed by atoms with van der Waals surface area (Å²) in [5.74, 6) is -0.178. The Balaban J connectivity index is 1.85. The second-order valence-corrected chi connectivity index (χ2v) is 6.65. The molecule has 0 aliphatic heterocycles. The van der Waals surface area contributed by atoms with E-state index in [2.05, 4.69) is 10.3 Å². The van der Waals surface area contributed by atoms with Crippen LogP contribution in [-0.4, -0.2) is 10.9 Å². The molecule has 0 fully saturated rings. The Morgan fingerprint density at radius 1 is 0.960 bits per heavy atom. The standard InChI is InChI=1S/C21H22N2O2/c1-12-7-15(4)19-17(8-12)10-18(21(25)23-19)11-22-20(24)16-6-5-13(2)14(3)9-16/h5-10H,11H2,1-4H3,(H,22,24)(H,23,25). The molecule has 0 radical (unpaired) electrons. The van der Waals surface area contributed by atoms with Crippen molar-refractivity contribution in [3.8, 4) is 0 Å². The maximum absolute atomic E-state index is 12.3. The van der Waals surface area contributed by atoms with Crippen molar-refractivity contribution in [3.05, 3.63) is 80.1 Å². The summed E-state index contributed by atoms with van der Waals surface area (Å²) in [6, 6.07) is 11.5. The average Bonchev–Trinajstić information content (AvgIpc) is 2.56. The van der Waals surface area contributed by atoms with Gasteiger partial charge in [-0.2, -0.15) is 0 Å². The van der Waals surface area contributed by atoms with Gasteiger partial charge < -0.3 is 10.3 Å². The van der Waals surface area contributed by atoms with Gasteiger partial charge in [-0.3, -0.25) is 9.59 Å². The molecule has 1 amide bonds. The van der Waals surface area contributed by atoms with E-state index in [0.717, 1.165) is 33.2 Å². The molecule has 0 unspecified atom stereocenters. The number of hydrogen-bond acceptors (Lipinski definition) is 2. The predicted molar refractivity (Wildman–Crippen MR) is 101 cm³/mol. The van der Waals surface area contributed by atoms with Crippen LogP contribution in [-0.2, 0) is 6.54 Å². The maximum Gasteiger partial charge on any atom is 0.253 e. The molecule has 4 heteroatoms. The van der Waals surface area contributed by atoms with Gasteiger partial charge in [0.05, 0.1) is 5.52 Å². The third kappa shape index (κ3) is 3.48. The van der Waals surface area contributed by atoms with E-state index in [1.54, 1.807) is 6.07 Å². The summed E-state index contributed by atoms with van der Waals surface area (Å²) < 4.78 is 0. The minimum absolute atomic E-state index is 0.167. The van der Waals surface area contributed by atoms with Crippen LogP contribution in [0.25, 0.3) is 10.9 Å². The summed E-state index contributed by atoms with van der Waals surface area (Å²) in [6.45, 7) is 8.19. The number of carbonyl (C=O) groups is 1. The van der Waals surface area contributed by atoms with Crippen molar-refractivity contribution < 1.29 is 4.79 Å². The summed E-state index contributed by atoms with van der Waals surface area (Å²) >= 11 is 0. The highest BCUT2D eigenvalue weighted by molar-refractivity contribution is 5.94. The minimum atomic E-state index is -0.178. The molecule has 0 atom stereocenters. The number of aromatic amines is 1. The third-order valence-electron chi connectivity index (χ3n) is 4.58. The van der Waals surface area contributed by atoms with Gasteiger partial charge in [0, 0.05) is 17.7 Å². The largest absolute Gasteiger partial charge is 0.348 e. The van der Waals surface area contributed by atoms with Crippen LogP contribution in [0.2, 0.25) is 0 Å². The molecular weight excluding hydrogens is 312 g/mol. The Kier molecular flexibility index (Phi) is 4.45. The van der Waals surface area contributed by atoms with Crippen molar-refractivity contribution in [1.82, 2.24) is 10.3 Å². The lowest BCUT2D eigenvalue weighted by atomic mass is 10.0. The fourth-order valence-corrected chi connectivity index (χ4v) is 3.02. The lowest BCUT2D eigenvalue weighted by Crippen LogP contribution is -2.26. The van der Waals surface area contributed by atoms with Crippen LogP contribution in [0.1, 0.15) is 38.2 Å². The van der Waals surface area contributed by atoms with Gasteiger partial charge in [-0.05, 0) is 74.0 Å². The van der Waals surface area contributed by atoms with E-state index >= 15 is 0 Å². The molecule has 0 aliphatic carbocycles. The normalized spacial score (nSPS) is 10.9. The van der Waals surface area contributed by atoms with E-state index in [0.29, 0.717) is 11.1 Å². The Morgan fingerprint density at radius 2 is 1.72 bits per heavy atom. The van der Waals surface area contributed by atoms with E-state index in [9.17, 15) is 9.59 Å². The van der Waals surface area contributed by atoms with Gasteiger partial charge in [-0.15, -0.1) is 0 Å². The molecule has 128 valence electrons. The summed E-state index contributed by atoms with van der Waals surface area (Å²) in [5.41, 5.74) is 6.23. The third-order valence-corrected chi connectivity index (χ3v) is 4.58. The molecule has 1 heterocycles. The highest BCUT2D eigenvalue weighted by Gasteiger charge is 2.09. The molecule has 4 nitrogen and oxygen atoms in total. The molecule has 0 bridgehead atoms. The molecule has 3 aromatic rings. The van der Waals surface area contributed by atoms with Crippen LogP contribution in [0, 0.1) is 27.7 Å². The highest BCUT2D eigenvalue weighted by Crippen LogP contribution is 2.18. The van der Waals surface area contributed by atoms with Crippen LogP contribution in [0.4, 0.5) is 0 Å². The number of rotatable bonds is 3. The highest BCUT2D eigenvalue weighted by atomic mass is 16.1. The van der Waals surface area contributed by atoms with Crippen LogP contribution >= 0.6 is 0 Å². The van der Waals surface area contributed by atoms with Gasteiger partial charge in [-0.1, -0.05) is 17.7 Å². The Hall–Kier alpha value is -2.88. The van der Waals surface area contributed by atoms with E-state index in [-0.39, 0.29) is 18.0 Å². The number of benzene rings is 2. The quantitative estimate of drug-likeness (QED) is 0.767. The zero-order chi connectivity index (χ0) is 18.1. The molecule has 0 saturated heterocycles. The number of carbonyl (C=O) groups excluding carboxylic acids is 1. The first-order chi connectivity index (χ1) is 11.8. The lowest BCUT2D eigenvalue weighted by Gasteiger charge is -2.09. The molecule has 1 aromatic heterocycles. The average molecular weight is 334 g/mol. The minimum Gasteiger partial charge on any atom is -0.348 e. The molecular formula is C21H22N2O2. The number of nitrogens with one attached hydrogen (secondary N) is 2. The first-order valence-electron chi connectivity index (χ1n) is 8.34. The lowest BCUT2D eigenvalue weighted by molar-refractivity contribution is 0.0950. The van der Waals surface area contributed by atoms with E-state index in [1.807, 2.05) is 58.0 Å². The van der Waals surface area contributed by atoms with E-state index < -0.39 is 0 Å². The van der Waals surface area contributed by atoms with Gasteiger partial charge in [0.1, 0.15) is 0 Å². The number of hydrogen-bond donors (Lipinski definition) is 2. The topological polar surface area (TPSA) is 62.0 Å². The van der Waals surface area contributed by atoms with Crippen LogP contribution in [0.15, 0.2) is 41.2 Å². The first-order valence-corrected chi connectivity index (χ1v) is 8.34. The van der Waals surface area contributed by atoms with Crippen molar-refractivity contribution in [3.63, 3.8) is 0 Å². The van der Waals surface area contributed by atoms with Crippen molar-refractivity contribution >= 4 is 16.8 Å². The monoisotopic (exact) mass is 334 g/mol. The van der Waals surface area contributed by atoms with Crippen molar-refractivity contribution in [1.29, 1.82) is 0 Å². The smallest absolute Gasteiger partial charge is 0.253 e. The van der Waals surface area contributed by atoms with Crippen molar-refractivity contribution in [2.24, 2.45) is 0 Å². The first kappa shape index (κ1) is 17.0. The SMILES string of the molecule is Cc1cc(C)c2[nH]c(=O)c(CNC(=O)c3ccc(C)c(C)c3)cc2c1. The summed E-state index contributed by atoms with van der Waals surface area (Å²) in [7, 11) is 0. The zero-order valence-corrected chi connectivity index (χ0v) is 15.0. The van der Waals surface area contributed by atoms with Gasteiger partial charge in [0.15, 0.2) is 0 Å². The van der Waals surface area contributed by atoms with Crippen LogP contribution < -0.4 is 10.9 Å². The molecule has 2 N–H and O–H groups in total. The van der Waals surface area contributed by atoms with Gasteiger partial charge in [-0.25, -0.2) is 0 Å². The number of aryl methyl sites for hydroxylation is 4. The zero-order valence-electron chi connectivity index (χ0n) is 15.0. The second-order valence-electron chi connectivity index (χ2n) is 6.65. The second kappa shape index (κ2) is 6.55.